The van der Waals surface area contributed by atoms with Crippen LogP contribution in [-0.4, -0.2) is 18.6 Å². The van der Waals surface area contributed by atoms with Gasteiger partial charge in [0.15, 0.2) is 0 Å². The summed E-state index contributed by atoms with van der Waals surface area (Å²) in [6.45, 7) is 4.96. The topological polar surface area (TPSA) is 41.1 Å². The summed E-state index contributed by atoms with van der Waals surface area (Å²) in [6.07, 6.45) is 5.91. The van der Waals surface area contributed by atoms with Crippen LogP contribution in [0.3, 0.4) is 0 Å². The molecule has 0 aromatic carbocycles. The predicted octanol–water partition coefficient (Wildman–Crippen LogP) is 2.27. The van der Waals surface area contributed by atoms with Crippen molar-refractivity contribution in [2.24, 2.45) is 5.92 Å². The van der Waals surface area contributed by atoms with Gasteiger partial charge in [-0.3, -0.25) is 0 Å². The number of amides is 2. The van der Waals surface area contributed by atoms with Gasteiger partial charge in [0.25, 0.3) is 0 Å². The Morgan fingerprint density at radius 3 is 2.64 bits per heavy atom. The van der Waals surface area contributed by atoms with Crippen molar-refractivity contribution in [2.75, 3.05) is 6.54 Å². The maximum Gasteiger partial charge on any atom is 0.315 e. The molecule has 0 spiro atoms. The smallest absolute Gasteiger partial charge is 0.315 e. The highest BCUT2D eigenvalue weighted by Crippen LogP contribution is 2.33. The third kappa shape index (κ3) is 4.49. The van der Waals surface area contributed by atoms with Crippen molar-refractivity contribution in [3.8, 4) is 0 Å². The maximum absolute atomic E-state index is 11.4. The van der Waals surface area contributed by atoms with Crippen LogP contribution in [0.5, 0.6) is 0 Å². The Hall–Kier alpha value is -0.730. The fourth-order valence-electron chi connectivity index (χ4n) is 1.56. The van der Waals surface area contributed by atoms with E-state index in [-0.39, 0.29) is 6.03 Å². The molecule has 2 amide bonds. The molecule has 0 heterocycles. The molecule has 0 aliphatic heterocycles. The molecule has 1 aliphatic carbocycles. The van der Waals surface area contributed by atoms with E-state index in [1.807, 2.05) is 0 Å². The summed E-state index contributed by atoms with van der Waals surface area (Å²) in [6, 6.07) is 0.374. The molecule has 3 nitrogen and oxygen atoms in total. The maximum atomic E-state index is 11.4. The standard InChI is InChI=1S/C11H22N2O/c1-3-7-12-11(14)13-10(4-2)8-9-5-6-9/h9-10H,3-8H2,1-2H3,(H2,12,13,14). The summed E-state index contributed by atoms with van der Waals surface area (Å²) in [5.41, 5.74) is 0. The summed E-state index contributed by atoms with van der Waals surface area (Å²) < 4.78 is 0. The van der Waals surface area contributed by atoms with Gasteiger partial charge in [0, 0.05) is 12.6 Å². The first-order valence-corrected chi connectivity index (χ1v) is 5.80. The van der Waals surface area contributed by atoms with Gasteiger partial charge < -0.3 is 10.6 Å². The van der Waals surface area contributed by atoms with Gasteiger partial charge in [-0.15, -0.1) is 0 Å². The van der Waals surface area contributed by atoms with E-state index >= 15 is 0 Å². The van der Waals surface area contributed by atoms with Crippen LogP contribution >= 0.6 is 0 Å². The van der Waals surface area contributed by atoms with E-state index in [2.05, 4.69) is 24.5 Å². The van der Waals surface area contributed by atoms with E-state index in [4.69, 9.17) is 0 Å². The van der Waals surface area contributed by atoms with Crippen molar-refractivity contribution in [1.29, 1.82) is 0 Å². The van der Waals surface area contributed by atoms with E-state index in [0.29, 0.717) is 6.04 Å². The molecule has 0 aromatic rings. The molecule has 1 rings (SSSR count). The Balaban J connectivity index is 2.13. The van der Waals surface area contributed by atoms with Gasteiger partial charge in [0.1, 0.15) is 0 Å². The summed E-state index contributed by atoms with van der Waals surface area (Å²) in [7, 11) is 0. The lowest BCUT2D eigenvalue weighted by atomic mass is 10.1. The van der Waals surface area contributed by atoms with Crippen molar-refractivity contribution in [3.63, 3.8) is 0 Å². The predicted molar refractivity (Wildman–Crippen MR) is 58.2 cm³/mol. The lowest BCUT2D eigenvalue weighted by Gasteiger charge is -2.16. The molecule has 0 bridgehead atoms. The van der Waals surface area contributed by atoms with Crippen LogP contribution < -0.4 is 10.6 Å². The van der Waals surface area contributed by atoms with Crippen LogP contribution in [0.15, 0.2) is 0 Å². The van der Waals surface area contributed by atoms with Crippen molar-refractivity contribution in [2.45, 2.75) is 52.0 Å². The van der Waals surface area contributed by atoms with Crippen LogP contribution in [0.25, 0.3) is 0 Å². The van der Waals surface area contributed by atoms with Crippen molar-refractivity contribution >= 4 is 6.03 Å². The largest absolute Gasteiger partial charge is 0.338 e. The van der Waals surface area contributed by atoms with E-state index < -0.39 is 0 Å². The first-order chi connectivity index (χ1) is 6.76. The molecular weight excluding hydrogens is 176 g/mol. The lowest BCUT2D eigenvalue weighted by molar-refractivity contribution is 0.235. The highest BCUT2D eigenvalue weighted by atomic mass is 16.2. The fourth-order valence-corrected chi connectivity index (χ4v) is 1.56. The second kappa shape index (κ2) is 5.89. The average molecular weight is 198 g/mol. The molecule has 1 fully saturated rings. The molecule has 0 aromatic heterocycles. The van der Waals surface area contributed by atoms with Crippen LogP contribution in [0.2, 0.25) is 0 Å². The minimum Gasteiger partial charge on any atom is -0.338 e. The zero-order chi connectivity index (χ0) is 10.4. The zero-order valence-corrected chi connectivity index (χ0v) is 9.31. The quantitative estimate of drug-likeness (QED) is 0.675. The molecule has 1 atom stereocenters. The number of carbonyl (C=O) groups is 1. The van der Waals surface area contributed by atoms with E-state index in [0.717, 1.165) is 31.7 Å². The van der Waals surface area contributed by atoms with Crippen molar-refractivity contribution in [1.82, 2.24) is 10.6 Å². The number of hydrogen-bond donors (Lipinski definition) is 2. The van der Waals surface area contributed by atoms with Gasteiger partial charge in [0.05, 0.1) is 0 Å². The van der Waals surface area contributed by atoms with Crippen molar-refractivity contribution < 1.29 is 4.79 Å². The Labute approximate surface area is 86.6 Å². The van der Waals surface area contributed by atoms with Crippen molar-refractivity contribution in [3.05, 3.63) is 0 Å². The number of hydrogen-bond acceptors (Lipinski definition) is 1. The normalized spacial score (nSPS) is 17.6. The number of urea groups is 1. The third-order valence-corrected chi connectivity index (χ3v) is 2.68. The molecule has 1 aliphatic rings. The molecule has 14 heavy (non-hydrogen) atoms. The molecule has 82 valence electrons. The third-order valence-electron chi connectivity index (χ3n) is 2.68. The first kappa shape index (κ1) is 11.3. The van der Waals surface area contributed by atoms with Gasteiger partial charge in [-0.1, -0.05) is 26.7 Å². The zero-order valence-electron chi connectivity index (χ0n) is 9.31. The van der Waals surface area contributed by atoms with Gasteiger partial charge >= 0.3 is 6.03 Å². The van der Waals surface area contributed by atoms with E-state index in [9.17, 15) is 4.79 Å². The van der Waals surface area contributed by atoms with Gasteiger partial charge in [-0.05, 0) is 25.2 Å². The average Bonchev–Trinajstić information content (AvgIpc) is 2.97. The Kier molecular flexibility index (Phi) is 4.77. The Morgan fingerprint density at radius 2 is 2.14 bits per heavy atom. The van der Waals surface area contributed by atoms with Crippen LogP contribution in [0.1, 0.15) is 46.0 Å². The molecule has 1 saturated carbocycles. The summed E-state index contributed by atoms with van der Waals surface area (Å²) in [5.74, 6) is 0.881. The molecule has 1 unspecified atom stereocenters. The number of nitrogens with one attached hydrogen (secondary N) is 2. The van der Waals surface area contributed by atoms with Crippen LogP contribution in [0.4, 0.5) is 4.79 Å². The second-order valence-electron chi connectivity index (χ2n) is 4.18. The minimum atomic E-state index is -0.000602. The summed E-state index contributed by atoms with van der Waals surface area (Å²) in [5, 5.41) is 5.86. The minimum absolute atomic E-state index is 0.000602. The molecular formula is C11H22N2O. The first-order valence-electron chi connectivity index (χ1n) is 5.80. The SMILES string of the molecule is CCCNC(=O)NC(CC)CC1CC1. The van der Waals surface area contributed by atoms with Gasteiger partial charge in [-0.25, -0.2) is 4.79 Å². The second-order valence-corrected chi connectivity index (χ2v) is 4.18. The molecule has 2 N–H and O–H groups in total. The van der Waals surface area contributed by atoms with Crippen LogP contribution in [-0.2, 0) is 0 Å². The molecule has 0 saturated heterocycles. The number of carbonyl (C=O) groups excluding carboxylic acids is 1. The lowest BCUT2D eigenvalue weighted by Crippen LogP contribution is -2.42. The summed E-state index contributed by atoms with van der Waals surface area (Å²) in [4.78, 5) is 11.4. The van der Waals surface area contributed by atoms with Crippen LogP contribution in [0, 0.1) is 5.92 Å². The molecule has 0 radical (unpaired) electrons. The highest BCUT2D eigenvalue weighted by Gasteiger charge is 2.25. The molecule has 3 heteroatoms. The van der Waals surface area contributed by atoms with Gasteiger partial charge in [-0.2, -0.15) is 0 Å². The van der Waals surface area contributed by atoms with E-state index in [1.165, 1.54) is 12.8 Å². The summed E-state index contributed by atoms with van der Waals surface area (Å²) >= 11 is 0. The van der Waals surface area contributed by atoms with E-state index in [1.54, 1.807) is 0 Å². The monoisotopic (exact) mass is 198 g/mol. The Morgan fingerprint density at radius 1 is 1.43 bits per heavy atom. The fraction of sp³-hybridized carbons (Fsp3) is 0.909. The highest BCUT2D eigenvalue weighted by molar-refractivity contribution is 5.74. The number of rotatable bonds is 6. The Bertz CT molecular complexity index is 178. The van der Waals surface area contributed by atoms with Gasteiger partial charge in [0.2, 0.25) is 0 Å².